The predicted molar refractivity (Wildman–Crippen MR) is 107 cm³/mol. The lowest BCUT2D eigenvalue weighted by Crippen LogP contribution is -2.47. The van der Waals surface area contributed by atoms with Gasteiger partial charge < -0.3 is 4.90 Å². The van der Waals surface area contributed by atoms with E-state index in [4.69, 9.17) is 11.6 Å². The molecular formula is C18H21ClF2N4O3S. The van der Waals surface area contributed by atoms with E-state index < -0.39 is 27.2 Å². The Balaban J connectivity index is 1.83. The standard InChI is InChI=1S/C18H21ClF2N4O3S/c1-3-24(29(2,27)28)13-6-8-23(9-7-13)16-11-22-25(18(26)17(16)19)15-5-4-12(20)10-14(15)21/h4-5,10-11,13H,3,6-9H2,1-2H3. The fraction of sp³-hybridized carbons (Fsp3) is 0.444. The molecule has 1 saturated heterocycles. The van der Waals surface area contributed by atoms with E-state index in [0.717, 1.165) is 16.8 Å². The van der Waals surface area contributed by atoms with E-state index in [1.54, 1.807) is 6.92 Å². The van der Waals surface area contributed by atoms with Gasteiger partial charge in [0.2, 0.25) is 10.0 Å². The molecule has 0 unspecified atom stereocenters. The molecule has 1 aromatic carbocycles. The third-order valence-electron chi connectivity index (χ3n) is 4.99. The summed E-state index contributed by atoms with van der Waals surface area (Å²) in [5.41, 5.74) is -0.519. The summed E-state index contributed by atoms with van der Waals surface area (Å²) in [4.78, 5) is 14.5. The molecule has 0 atom stereocenters. The highest BCUT2D eigenvalue weighted by Crippen LogP contribution is 2.27. The van der Waals surface area contributed by atoms with Gasteiger partial charge in [-0.15, -0.1) is 0 Å². The lowest BCUT2D eigenvalue weighted by Gasteiger charge is -2.38. The molecule has 0 aliphatic carbocycles. The van der Waals surface area contributed by atoms with Gasteiger partial charge in [-0.1, -0.05) is 18.5 Å². The zero-order valence-corrected chi connectivity index (χ0v) is 17.6. The second-order valence-electron chi connectivity index (χ2n) is 6.84. The van der Waals surface area contributed by atoms with Crippen LogP contribution >= 0.6 is 11.6 Å². The number of nitrogens with zero attached hydrogens (tertiary/aromatic N) is 4. The number of sulfonamides is 1. The first kappa shape index (κ1) is 21.7. The molecule has 2 aromatic rings. The first-order valence-electron chi connectivity index (χ1n) is 9.08. The minimum absolute atomic E-state index is 0.119. The second-order valence-corrected chi connectivity index (χ2v) is 9.15. The Labute approximate surface area is 172 Å². The first-order valence-corrected chi connectivity index (χ1v) is 11.3. The molecule has 0 spiro atoms. The van der Waals surface area contributed by atoms with Gasteiger partial charge in [-0.05, 0) is 25.0 Å². The van der Waals surface area contributed by atoms with Crippen molar-refractivity contribution in [2.75, 3.05) is 30.8 Å². The van der Waals surface area contributed by atoms with Crippen molar-refractivity contribution in [3.05, 3.63) is 51.4 Å². The van der Waals surface area contributed by atoms with E-state index in [9.17, 15) is 22.0 Å². The van der Waals surface area contributed by atoms with Crippen molar-refractivity contribution < 1.29 is 17.2 Å². The molecule has 0 amide bonds. The van der Waals surface area contributed by atoms with Crippen LogP contribution in [-0.2, 0) is 10.0 Å². The van der Waals surface area contributed by atoms with Crippen LogP contribution in [0, 0.1) is 11.6 Å². The number of hydrogen-bond acceptors (Lipinski definition) is 5. The number of anilines is 1. The molecule has 1 aliphatic rings. The predicted octanol–water partition coefficient (Wildman–Crippen LogP) is 2.41. The van der Waals surface area contributed by atoms with Crippen LogP contribution in [0.3, 0.4) is 0 Å². The van der Waals surface area contributed by atoms with Crippen LogP contribution in [0.5, 0.6) is 0 Å². The van der Waals surface area contributed by atoms with E-state index in [2.05, 4.69) is 5.10 Å². The van der Waals surface area contributed by atoms with Crippen LogP contribution in [0.4, 0.5) is 14.5 Å². The van der Waals surface area contributed by atoms with E-state index in [1.165, 1.54) is 16.8 Å². The lowest BCUT2D eigenvalue weighted by molar-refractivity contribution is 0.285. The number of halogens is 3. The SMILES string of the molecule is CCN(C1CCN(c2cnn(-c3ccc(F)cc3F)c(=O)c2Cl)CC1)S(C)(=O)=O. The monoisotopic (exact) mass is 446 g/mol. The average Bonchev–Trinajstić information content (AvgIpc) is 2.65. The molecule has 3 rings (SSSR count). The van der Waals surface area contributed by atoms with Gasteiger partial charge in [0, 0.05) is 31.7 Å². The van der Waals surface area contributed by atoms with Gasteiger partial charge in [-0.2, -0.15) is 14.1 Å². The molecule has 0 saturated carbocycles. The first-order chi connectivity index (χ1) is 13.6. The van der Waals surface area contributed by atoms with Crippen molar-refractivity contribution >= 4 is 27.3 Å². The summed E-state index contributed by atoms with van der Waals surface area (Å²) in [5, 5.41) is 3.87. The maximum atomic E-state index is 14.0. The number of piperidine rings is 1. The lowest BCUT2D eigenvalue weighted by atomic mass is 10.0. The molecular weight excluding hydrogens is 426 g/mol. The highest BCUT2D eigenvalue weighted by Gasteiger charge is 2.30. The van der Waals surface area contributed by atoms with E-state index in [-0.39, 0.29) is 16.8 Å². The fourth-order valence-electron chi connectivity index (χ4n) is 3.63. The molecule has 1 aromatic heterocycles. The number of hydrogen-bond donors (Lipinski definition) is 0. The van der Waals surface area contributed by atoms with Gasteiger partial charge in [0.05, 0.1) is 18.1 Å². The van der Waals surface area contributed by atoms with Gasteiger partial charge in [0.1, 0.15) is 16.5 Å². The smallest absolute Gasteiger partial charge is 0.292 e. The van der Waals surface area contributed by atoms with Crippen molar-refractivity contribution in [1.29, 1.82) is 0 Å². The van der Waals surface area contributed by atoms with Gasteiger partial charge in [-0.3, -0.25) is 4.79 Å². The molecule has 1 fully saturated rings. The van der Waals surface area contributed by atoms with E-state index >= 15 is 0 Å². The highest BCUT2D eigenvalue weighted by molar-refractivity contribution is 7.88. The molecule has 158 valence electrons. The highest BCUT2D eigenvalue weighted by atomic mass is 35.5. The maximum absolute atomic E-state index is 14.0. The molecule has 1 aliphatic heterocycles. The molecule has 0 radical (unpaired) electrons. The van der Waals surface area contributed by atoms with Crippen molar-refractivity contribution in [2.45, 2.75) is 25.8 Å². The molecule has 0 bridgehead atoms. The molecule has 29 heavy (non-hydrogen) atoms. The largest absolute Gasteiger partial charge is 0.369 e. The zero-order valence-electron chi connectivity index (χ0n) is 16.0. The van der Waals surface area contributed by atoms with Crippen LogP contribution in [0.25, 0.3) is 5.69 Å². The summed E-state index contributed by atoms with van der Waals surface area (Å²) >= 11 is 6.25. The summed E-state index contributed by atoms with van der Waals surface area (Å²) in [7, 11) is -3.29. The second kappa shape index (κ2) is 8.37. The Hall–Kier alpha value is -2.04. The van der Waals surface area contributed by atoms with Gasteiger partial charge in [0.25, 0.3) is 5.56 Å². The van der Waals surface area contributed by atoms with E-state index in [0.29, 0.717) is 44.2 Å². The minimum atomic E-state index is -3.29. The van der Waals surface area contributed by atoms with Gasteiger partial charge >= 0.3 is 0 Å². The molecule has 7 nitrogen and oxygen atoms in total. The summed E-state index contributed by atoms with van der Waals surface area (Å²) in [6.45, 7) is 3.17. The Morgan fingerprint density at radius 1 is 1.24 bits per heavy atom. The van der Waals surface area contributed by atoms with Crippen molar-refractivity contribution in [2.24, 2.45) is 0 Å². The van der Waals surface area contributed by atoms with Crippen LogP contribution in [-0.4, -0.2) is 54.4 Å². The van der Waals surface area contributed by atoms with Crippen molar-refractivity contribution in [1.82, 2.24) is 14.1 Å². The quantitative estimate of drug-likeness (QED) is 0.705. The topological polar surface area (TPSA) is 75.5 Å². The summed E-state index contributed by atoms with van der Waals surface area (Å²) in [5.74, 6) is -1.69. The van der Waals surface area contributed by atoms with Crippen LogP contribution < -0.4 is 10.5 Å². The van der Waals surface area contributed by atoms with Crippen LogP contribution in [0.1, 0.15) is 19.8 Å². The van der Waals surface area contributed by atoms with Gasteiger partial charge in [0.15, 0.2) is 5.82 Å². The van der Waals surface area contributed by atoms with Crippen molar-refractivity contribution in [3.8, 4) is 5.69 Å². The molecule has 11 heteroatoms. The van der Waals surface area contributed by atoms with Gasteiger partial charge in [-0.25, -0.2) is 17.2 Å². The summed E-state index contributed by atoms with van der Waals surface area (Å²) in [6, 6.07) is 2.69. The molecule has 2 heterocycles. The third kappa shape index (κ3) is 4.44. The minimum Gasteiger partial charge on any atom is -0.369 e. The number of aromatic nitrogens is 2. The fourth-order valence-corrected chi connectivity index (χ4v) is 5.10. The van der Waals surface area contributed by atoms with Crippen LogP contribution in [0.2, 0.25) is 5.02 Å². The normalized spacial score (nSPS) is 15.9. The van der Waals surface area contributed by atoms with Crippen LogP contribution in [0.15, 0.2) is 29.2 Å². The van der Waals surface area contributed by atoms with E-state index in [1.807, 2.05) is 4.90 Å². The molecule has 0 N–H and O–H groups in total. The average molecular weight is 447 g/mol. The zero-order chi connectivity index (χ0) is 21.3. The number of rotatable bonds is 5. The summed E-state index contributed by atoms with van der Waals surface area (Å²) in [6.07, 6.45) is 3.71. The van der Waals surface area contributed by atoms with Crippen molar-refractivity contribution in [3.63, 3.8) is 0 Å². The Morgan fingerprint density at radius 3 is 2.45 bits per heavy atom. The Morgan fingerprint density at radius 2 is 1.90 bits per heavy atom. The number of benzene rings is 1. The summed E-state index contributed by atoms with van der Waals surface area (Å²) < 4.78 is 53.2. The third-order valence-corrected chi connectivity index (χ3v) is 6.75. The Bertz CT molecular complexity index is 1070. The Kier molecular flexibility index (Phi) is 6.25. The maximum Gasteiger partial charge on any atom is 0.292 e.